The molecular formula is C16H23N3S. The summed E-state index contributed by atoms with van der Waals surface area (Å²) in [5.41, 5.74) is 8.47. The van der Waals surface area contributed by atoms with Gasteiger partial charge in [0, 0.05) is 19.0 Å². The van der Waals surface area contributed by atoms with Gasteiger partial charge in [-0.2, -0.15) is 11.8 Å². The average molecular weight is 289 g/mol. The van der Waals surface area contributed by atoms with Crippen molar-refractivity contribution in [2.75, 3.05) is 18.1 Å². The number of aromatic nitrogens is 2. The highest BCUT2D eigenvalue weighted by molar-refractivity contribution is 7.99. The Kier molecular flexibility index (Phi) is 4.32. The first-order valence-corrected chi connectivity index (χ1v) is 8.73. The zero-order valence-electron chi connectivity index (χ0n) is 12.1. The molecule has 1 aromatic carbocycles. The van der Waals surface area contributed by atoms with Gasteiger partial charge in [-0.15, -0.1) is 0 Å². The van der Waals surface area contributed by atoms with Crippen molar-refractivity contribution in [2.45, 2.75) is 32.2 Å². The molecule has 0 bridgehead atoms. The van der Waals surface area contributed by atoms with Crippen LogP contribution in [0.15, 0.2) is 24.3 Å². The number of imidazole rings is 1. The third-order valence-corrected chi connectivity index (χ3v) is 5.47. The zero-order chi connectivity index (χ0) is 13.9. The van der Waals surface area contributed by atoms with Crippen molar-refractivity contribution in [1.82, 2.24) is 9.55 Å². The van der Waals surface area contributed by atoms with Gasteiger partial charge in [-0.3, -0.25) is 0 Å². The number of rotatable bonds is 4. The SMILES string of the molecule is CCn1c(C(CN)C2CCSCC2)nc2ccccc21. The second-order valence-corrected chi connectivity index (χ2v) is 6.72. The van der Waals surface area contributed by atoms with E-state index < -0.39 is 0 Å². The van der Waals surface area contributed by atoms with E-state index in [9.17, 15) is 0 Å². The van der Waals surface area contributed by atoms with Crippen molar-refractivity contribution in [3.63, 3.8) is 0 Å². The summed E-state index contributed by atoms with van der Waals surface area (Å²) in [6.07, 6.45) is 2.55. The van der Waals surface area contributed by atoms with Gasteiger partial charge in [-0.05, 0) is 49.3 Å². The molecule has 0 aliphatic carbocycles. The van der Waals surface area contributed by atoms with Crippen LogP contribution >= 0.6 is 11.8 Å². The molecule has 2 aromatic rings. The van der Waals surface area contributed by atoms with Gasteiger partial charge in [0.15, 0.2) is 0 Å². The molecule has 1 saturated heterocycles. The van der Waals surface area contributed by atoms with Crippen molar-refractivity contribution < 1.29 is 0 Å². The molecule has 1 unspecified atom stereocenters. The first-order chi connectivity index (χ1) is 9.85. The van der Waals surface area contributed by atoms with Crippen LogP contribution in [0.4, 0.5) is 0 Å². The summed E-state index contributed by atoms with van der Waals surface area (Å²) in [7, 11) is 0. The molecule has 0 spiro atoms. The molecular weight excluding hydrogens is 266 g/mol. The Bertz CT molecular complexity index is 572. The average Bonchev–Trinajstić information content (AvgIpc) is 2.87. The summed E-state index contributed by atoms with van der Waals surface area (Å²) in [6, 6.07) is 8.43. The van der Waals surface area contributed by atoms with Crippen LogP contribution in [0.1, 0.15) is 31.5 Å². The number of para-hydroxylation sites is 2. The normalized spacial score (nSPS) is 18.5. The van der Waals surface area contributed by atoms with Gasteiger partial charge in [0.1, 0.15) is 5.82 Å². The number of aryl methyl sites for hydroxylation is 1. The van der Waals surface area contributed by atoms with Crippen molar-refractivity contribution in [2.24, 2.45) is 11.7 Å². The van der Waals surface area contributed by atoms with E-state index in [1.165, 1.54) is 35.7 Å². The number of fused-ring (bicyclic) bond motifs is 1. The largest absolute Gasteiger partial charge is 0.330 e. The van der Waals surface area contributed by atoms with Crippen LogP contribution in [-0.4, -0.2) is 27.6 Å². The molecule has 1 aromatic heterocycles. The number of hydrogen-bond donors (Lipinski definition) is 1. The minimum absolute atomic E-state index is 0.406. The van der Waals surface area contributed by atoms with Crippen LogP contribution in [0.25, 0.3) is 11.0 Å². The lowest BCUT2D eigenvalue weighted by Crippen LogP contribution is -2.27. The molecule has 1 fully saturated rings. The third-order valence-electron chi connectivity index (χ3n) is 4.42. The molecule has 1 aliphatic rings. The van der Waals surface area contributed by atoms with E-state index in [2.05, 4.69) is 47.5 Å². The van der Waals surface area contributed by atoms with Gasteiger partial charge in [0.2, 0.25) is 0 Å². The van der Waals surface area contributed by atoms with Crippen LogP contribution in [-0.2, 0) is 6.54 Å². The lowest BCUT2D eigenvalue weighted by atomic mass is 9.86. The Labute approximate surface area is 124 Å². The maximum atomic E-state index is 6.12. The minimum atomic E-state index is 0.406. The highest BCUT2D eigenvalue weighted by atomic mass is 32.2. The lowest BCUT2D eigenvalue weighted by Gasteiger charge is -2.29. The van der Waals surface area contributed by atoms with Crippen LogP contribution in [0.5, 0.6) is 0 Å². The number of hydrogen-bond acceptors (Lipinski definition) is 3. The summed E-state index contributed by atoms with van der Waals surface area (Å²) in [5.74, 6) is 4.85. The number of nitrogens with zero attached hydrogens (tertiary/aromatic N) is 2. The van der Waals surface area contributed by atoms with E-state index in [0.29, 0.717) is 18.4 Å². The molecule has 4 heteroatoms. The van der Waals surface area contributed by atoms with Gasteiger partial charge in [0.25, 0.3) is 0 Å². The fourth-order valence-electron chi connectivity index (χ4n) is 3.34. The molecule has 108 valence electrons. The third kappa shape index (κ3) is 2.47. The molecule has 1 aliphatic heterocycles. The predicted molar refractivity (Wildman–Crippen MR) is 87.3 cm³/mol. The van der Waals surface area contributed by atoms with E-state index in [0.717, 1.165) is 12.1 Å². The monoisotopic (exact) mass is 289 g/mol. The van der Waals surface area contributed by atoms with Crippen LogP contribution < -0.4 is 5.73 Å². The van der Waals surface area contributed by atoms with Gasteiger partial charge in [-0.1, -0.05) is 12.1 Å². The molecule has 0 saturated carbocycles. The van der Waals surface area contributed by atoms with E-state index in [1.54, 1.807) is 0 Å². The second-order valence-electron chi connectivity index (χ2n) is 5.49. The van der Waals surface area contributed by atoms with Crippen LogP contribution in [0.3, 0.4) is 0 Å². The van der Waals surface area contributed by atoms with E-state index in [1.807, 2.05) is 0 Å². The predicted octanol–water partition coefficient (Wildman–Crippen LogP) is 3.24. The smallest absolute Gasteiger partial charge is 0.114 e. The standard InChI is InChI=1S/C16H23N3S/c1-2-19-15-6-4-3-5-14(15)18-16(19)13(11-17)12-7-9-20-10-8-12/h3-6,12-13H,2,7-11,17H2,1H3. The van der Waals surface area contributed by atoms with Crippen molar-refractivity contribution in [1.29, 1.82) is 0 Å². The molecule has 0 radical (unpaired) electrons. The summed E-state index contributed by atoms with van der Waals surface area (Å²) >= 11 is 2.07. The van der Waals surface area contributed by atoms with E-state index in [-0.39, 0.29) is 0 Å². The minimum Gasteiger partial charge on any atom is -0.330 e. The molecule has 20 heavy (non-hydrogen) atoms. The molecule has 2 heterocycles. The van der Waals surface area contributed by atoms with E-state index >= 15 is 0 Å². The van der Waals surface area contributed by atoms with Crippen molar-refractivity contribution in [3.05, 3.63) is 30.1 Å². The first kappa shape index (κ1) is 14.0. The van der Waals surface area contributed by atoms with Gasteiger partial charge in [0.05, 0.1) is 11.0 Å². The topological polar surface area (TPSA) is 43.8 Å². The number of benzene rings is 1. The summed E-state index contributed by atoms with van der Waals surface area (Å²) in [6.45, 7) is 3.87. The zero-order valence-corrected chi connectivity index (χ0v) is 12.9. The van der Waals surface area contributed by atoms with Gasteiger partial charge in [-0.25, -0.2) is 4.98 Å². The Hall–Kier alpha value is -1.00. The van der Waals surface area contributed by atoms with Crippen LogP contribution in [0, 0.1) is 5.92 Å². The molecule has 3 nitrogen and oxygen atoms in total. The molecule has 0 amide bonds. The highest BCUT2D eigenvalue weighted by Gasteiger charge is 2.28. The second kappa shape index (κ2) is 6.19. The lowest BCUT2D eigenvalue weighted by molar-refractivity contribution is 0.379. The fourth-order valence-corrected chi connectivity index (χ4v) is 4.48. The summed E-state index contributed by atoms with van der Waals surface area (Å²) in [4.78, 5) is 4.91. The first-order valence-electron chi connectivity index (χ1n) is 7.58. The number of thioether (sulfide) groups is 1. The molecule has 1 atom stereocenters. The van der Waals surface area contributed by atoms with Crippen molar-refractivity contribution in [3.8, 4) is 0 Å². The Morgan fingerprint density at radius 1 is 1.35 bits per heavy atom. The molecule has 2 N–H and O–H groups in total. The van der Waals surface area contributed by atoms with Gasteiger partial charge >= 0.3 is 0 Å². The molecule has 3 rings (SSSR count). The highest BCUT2D eigenvalue weighted by Crippen LogP contribution is 2.35. The summed E-state index contributed by atoms with van der Waals surface area (Å²) < 4.78 is 2.36. The Morgan fingerprint density at radius 2 is 2.10 bits per heavy atom. The maximum Gasteiger partial charge on any atom is 0.114 e. The number of nitrogens with two attached hydrogens (primary N) is 1. The Morgan fingerprint density at radius 3 is 2.80 bits per heavy atom. The van der Waals surface area contributed by atoms with Crippen molar-refractivity contribution >= 4 is 22.8 Å². The Balaban J connectivity index is 2.01. The summed E-state index contributed by atoms with van der Waals surface area (Å²) in [5, 5.41) is 0. The fraction of sp³-hybridized carbons (Fsp3) is 0.562. The van der Waals surface area contributed by atoms with Crippen LogP contribution in [0.2, 0.25) is 0 Å². The maximum absolute atomic E-state index is 6.12. The van der Waals surface area contributed by atoms with E-state index in [4.69, 9.17) is 10.7 Å². The van der Waals surface area contributed by atoms with Gasteiger partial charge < -0.3 is 10.3 Å². The quantitative estimate of drug-likeness (QED) is 0.939.